The molecule has 2 N–H and O–H groups in total. The minimum absolute atomic E-state index is 0.0462. The molecular weight excluding hydrogens is 506 g/mol. The first-order chi connectivity index (χ1) is 18.2. The first kappa shape index (κ1) is 26.7. The third-order valence-corrected chi connectivity index (χ3v) is 11.0. The highest BCUT2D eigenvalue weighted by Crippen LogP contribution is 2.69. The van der Waals surface area contributed by atoms with Gasteiger partial charge in [0.2, 0.25) is 11.8 Å². The van der Waals surface area contributed by atoms with Crippen molar-refractivity contribution in [3.63, 3.8) is 0 Å². The van der Waals surface area contributed by atoms with Crippen LogP contribution in [0.3, 0.4) is 0 Å². The van der Waals surface area contributed by atoms with Gasteiger partial charge in [-0.25, -0.2) is 4.68 Å². The number of carbonyl (C=O) groups is 3. The number of carboxylic acid groups (broad SMARTS) is 1. The summed E-state index contributed by atoms with van der Waals surface area (Å²) in [6.07, 6.45) is 2.96. The Morgan fingerprint density at radius 2 is 2.11 bits per heavy atom. The number of likely N-dealkylation sites (tertiary alicyclic amines) is 1. The molecule has 3 aliphatic rings. The van der Waals surface area contributed by atoms with Crippen LogP contribution in [0.2, 0.25) is 0 Å². The number of hydrogen-bond donors (Lipinski definition) is 2. The second kappa shape index (κ2) is 10.00. The van der Waals surface area contributed by atoms with Crippen LogP contribution in [0.5, 0.6) is 0 Å². The Morgan fingerprint density at radius 1 is 1.37 bits per heavy atom. The lowest BCUT2D eigenvalue weighted by Crippen LogP contribution is -2.60. The number of aliphatic carboxylic acids is 1. The number of aromatic nitrogens is 3. The number of aliphatic hydroxyl groups excluding tert-OH is 1. The number of thioether (sulfide) groups is 1. The molecule has 10 nitrogen and oxygen atoms in total. The van der Waals surface area contributed by atoms with Crippen molar-refractivity contribution >= 4 is 40.6 Å². The molecule has 204 valence electrons. The topological polar surface area (TPSA) is 129 Å². The largest absolute Gasteiger partial charge is 0.481 e. The zero-order valence-corrected chi connectivity index (χ0v) is 22.8. The second-order valence-electron chi connectivity index (χ2n) is 10.8. The highest BCUT2D eigenvalue weighted by atomic mass is 32.2. The van der Waals surface area contributed by atoms with E-state index in [-0.39, 0.29) is 48.7 Å². The Labute approximate surface area is 226 Å². The molecule has 2 bridgehead atoms. The maximum atomic E-state index is 14.6. The summed E-state index contributed by atoms with van der Waals surface area (Å²) in [4.78, 5) is 44.3. The molecule has 2 amide bonds. The standard InChI is InChI=1S/C27H35N5O5S/c1-5-11-30(14-31-18-10-8-7-9-17(18)28-29-31)25(35)23-27-16(4)12-20(38-27)21(26(36)37)22(27)24(34)32(23)19(13-33)15(3)6-2/h5,7-10,15-16,19-23,33H,1,6,11-14H2,2-4H3,(H,36,37)/t15-,16?,19-,20-,21+,22-,23?,27?/m0/s1. The number of benzene rings is 1. The van der Waals surface area contributed by atoms with Gasteiger partial charge in [-0.15, -0.1) is 23.4 Å². The molecule has 4 heterocycles. The van der Waals surface area contributed by atoms with Gasteiger partial charge in [-0.05, 0) is 30.4 Å². The van der Waals surface area contributed by atoms with Crippen LogP contribution in [0.1, 0.15) is 33.6 Å². The predicted octanol–water partition coefficient (Wildman–Crippen LogP) is 2.23. The maximum absolute atomic E-state index is 14.6. The molecule has 3 aliphatic heterocycles. The summed E-state index contributed by atoms with van der Waals surface area (Å²) in [6.45, 7) is 9.81. The van der Waals surface area contributed by atoms with E-state index >= 15 is 0 Å². The van der Waals surface area contributed by atoms with Gasteiger partial charge >= 0.3 is 5.97 Å². The van der Waals surface area contributed by atoms with Gasteiger partial charge in [-0.3, -0.25) is 14.4 Å². The molecule has 0 aliphatic carbocycles. The number of rotatable bonds is 10. The van der Waals surface area contributed by atoms with Crippen molar-refractivity contribution in [2.24, 2.45) is 23.7 Å². The fourth-order valence-electron chi connectivity index (χ4n) is 6.92. The highest BCUT2D eigenvalue weighted by molar-refractivity contribution is 8.02. The fourth-order valence-corrected chi connectivity index (χ4v) is 9.32. The van der Waals surface area contributed by atoms with E-state index in [0.29, 0.717) is 18.4 Å². The summed E-state index contributed by atoms with van der Waals surface area (Å²) < 4.78 is 0.764. The normalized spacial score (nSPS) is 31.4. The van der Waals surface area contributed by atoms with Gasteiger partial charge in [0.15, 0.2) is 0 Å². The van der Waals surface area contributed by atoms with Crippen LogP contribution in [0.4, 0.5) is 0 Å². The quantitative estimate of drug-likeness (QED) is 0.438. The molecule has 1 spiro atoms. The van der Waals surface area contributed by atoms with Crippen LogP contribution in [-0.2, 0) is 21.1 Å². The van der Waals surface area contributed by atoms with Crippen LogP contribution >= 0.6 is 11.8 Å². The SMILES string of the molecule is C=CCN(Cn1nnc2ccccc21)C(=O)C1N([C@@H](CO)[C@@H](C)CC)C(=O)[C@@H]2[C@H](C(=O)O)[C@@H]3CC(C)C12S3. The van der Waals surface area contributed by atoms with Crippen LogP contribution in [0.25, 0.3) is 11.0 Å². The van der Waals surface area contributed by atoms with Crippen molar-refractivity contribution in [3.8, 4) is 0 Å². The van der Waals surface area contributed by atoms with Crippen molar-refractivity contribution in [2.75, 3.05) is 13.2 Å². The molecule has 38 heavy (non-hydrogen) atoms. The molecule has 1 aromatic heterocycles. The Balaban J connectivity index is 1.61. The number of nitrogens with zero attached hydrogens (tertiary/aromatic N) is 5. The summed E-state index contributed by atoms with van der Waals surface area (Å²) in [7, 11) is 0. The highest BCUT2D eigenvalue weighted by Gasteiger charge is 2.77. The Kier molecular flexibility index (Phi) is 7.02. The molecule has 11 heteroatoms. The summed E-state index contributed by atoms with van der Waals surface area (Å²) in [6, 6.07) is 5.97. The van der Waals surface area contributed by atoms with E-state index in [1.165, 1.54) is 11.8 Å². The summed E-state index contributed by atoms with van der Waals surface area (Å²) in [5.41, 5.74) is 1.47. The number of carbonyl (C=O) groups excluding carboxylic acids is 2. The molecule has 1 aromatic carbocycles. The lowest BCUT2D eigenvalue weighted by Gasteiger charge is -2.42. The zero-order valence-electron chi connectivity index (χ0n) is 21.9. The van der Waals surface area contributed by atoms with Crippen molar-refractivity contribution in [2.45, 2.75) is 62.4 Å². The van der Waals surface area contributed by atoms with Gasteiger partial charge in [-0.1, -0.05) is 50.6 Å². The first-order valence-corrected chi connectivity index (χ1v) is 14.1. The average molecular weight is 542 g/mol. The lowest BCUT2D eigenvalue weighted by molar-refractivity contribution is -0.150. The fraction of sp³-hybridized carbons (Fsp3) is 0.593. The van der Waals surface area contributed by atoms with Gasteiger partial charge in [0.1, 0.15) is 18.2 Å². The lowest BCUT2D eigenvalue weighted by atomic mass is 9.66. The zero-order chi connectivity index (χ0) is 27.4. The Hall–Kier alpha value is -2.92. The van der Waals surface area contributed by atoms with E-state index in [0.717, 1.165) is 5.52 Å². The van der Waals surface area contributed by atoms with Crippen molar-refractivity contribution < 1.29 is 24.6 Å². The molecule has 5 rings (SSSR count). The van der Waals surface area contributed by atoms with E-state index in [2.05, 4.69) is 16.9 Å². The summed E-state index contributed by atoms with van der Waals surface area (Å²) in [5.74, 6) is -3.41. The summed E-state index contributed by atoms with van der Waals surface area (Å²) >= 11 is 1.50. The number of para-hydroxylation sites is 1. The molecule has 0 saturated carbocycles. The van der Waals surface area contributed by atoms with Gasteiger partial charge in [0.05, 0.1) is 34.7 Å². The van der Waals surface area contributed by atoms with Gasteiger partial charge in [0, 0.05) is 11.8 Å². The summed E-state index contributed by atoms with van der Waals surface area (Å²) in [5, 5.41) is 28.8. The molecule has 3 saturated heterocycles. The third kappa shape index (κ3) is 3.77. The number of carboxylic acids is 1. The smallest absolute Gasteiger partial charge is 0.308 e. The van der Waals surface area contributed by atoms with Crippen LogP contribution < -0.4 is 0 Å². The van der Waals surface area contributed by atoms with E-state index in [4.69, 9.17) is 0 Å². The molecule has 3 unspecified atom stereocenters. The van der Waals surface area contributed by atoms with Crippen molar-refractivity contribution in [1.82, 2.24) is 24.8 Å². The van der Waals surface area contributed by atoms with Gasteiger partial charge < -0.3 is 20.0 Å². The molecule has 0 radical (unpaired) electrons. The van der Waals surface area contributed by atoms with Crippen LogP contribution in [0.15, 0.2) is 36.9 Å². The van der Waals surface area contributed by atoms with Crippen molar-refractivity contribution in [1.29, 1.82) is 0 Å². The predicted molar refractivity (Wildman–Crippen MR) is 143 cm³/mol. The van der Waals surface area contributed by atoms with E-state index < -0.39 is 34.6 Å². The molecule has 3 fully saturated rings. The third-order valence-electron chi connectivity index (χ3n) is 8.93. The average Bonchev–Trinajstić information content (AvgIpc) is 3.62. The molecular formula is C27H35N5O5S. The monoisotopic (exact) mass is 541 g/mol. The Morgan fingerprint density at radius 3 is 2.76 bits per heavy atom. The minimum atomic E-state index is -0.996. The first-order valence-electron chi connectivity index (χ1n) is 13.2. The maximum Gasteiger partial charge on any atom is 0.308 e. The minimum Gasteiger partial charge on any atom is -0.481 e. The van der Waals surface area contributed by atoms with E-state index in [1.807, 2.05) is 45.0 Å². The van der Waals surface area contributed by atoms with E-state index in [9.17, 15) is 24.6 Å². The second-order valence-corrected chi connectivity index (χ2v) is 12.4. The van der Waals surface area contributed by atoms with Crippen molar-refractivity contribution in [3.05, 3.63) is 36.9 Å². The van der Waals surface area contributed by atoms with E-state index in [1.54, 1.807) is 20.6 Å². The number of aliphatic hydroxyl groups is 1. The van der Waals surface area contributed by atoms with Crippen LogP contribution in [0, 0.1) is 23.7 Å². The number of amides is 2. The number of hydrogen-bond acceptors (Lipinski definition) is 7. The Bertz CT molecular complexity index is 1270. The number of fused-ring (bicyclic) bond motifs is 2. The van der Waals surface area contributed by atoms with Crippen LogP contribution in [-0.4, -0.2) is 88.0 Å². The van der Waals surface area contributed by atoms with Gasteiger partial charge in [-0.2, -0.15) is 0 Å². The molecule has 2 aromatic rings. The molecule has 8 atom stereocenters. The van der Waals surface area contributed by atoms with Gasteiger partial charge in [0.25, 0.3) is 0 Å².